The number of hydrogen-bond donors (Lipinski definition) is 1. The summed E-state index contributed by atoms with van der Waals surface area (Å²) in [6.07, 6.45) is 1.14. The highest BCUT2D eigenvalue weighted by atomic mass is 16.5. The van der Waals surface area contributed by atoms with E-state index in [1.54, 1.807) is 0 Å². The van der Waals surface area contributed by atoms with E-state index in [-0.39, 0.29) is 11.5 Å². The van der Waals surface area contributed by atoms with E-state index < -0.39 is 0 Å². The normalized spacial score (nSPS) is 27.0. The SMILES string of the molecule is CC(C)c1noc(C(C)N2CCC(C)(CN)C2)n1. The van der Waals surface area contributed by atoms with E-state index in [9.17, 15) is 0 Å². The third-order valence-corrected chi connectivity index (χ3v) is 3.96. The molecule has 2 atom stereocenters. The van der Waals surface area contributed by atoms with Crippen molar-refractivity contribution in [1.82, 2.24) is 15.0 Å². The molecule has 1 aliphatic rings. The Bertz CT molecular complexity index is 403. The van der Waals surface area contributed by atoms with Gasteiger partial charge in [-0.05, 0) is 31.8 Å². The van der Waals surface area contributed by atoms with Gasteiger partial charge in [-0.15, -0.1) is 0 Å². The summed E-state index contributed by atoms with van der Waals surface area (Å²) in [5, 5.41) is 4.03. The predicted octanol–water partition coefficient (Wildman–Crippen LogP) is 1.92. The standard InChI is InChI=1S/C13H24N4O/c1-9(2)11-15-12(18-16-11)10(3)17-6-5-13(4,7-14)8-17/h9-10H,5-8,14H2,1-4H3. The fourth-order valence-corrected chi connectivity index (χ4v) is 2.37. The second-order valence-electron chi connectivity index (χ2n) is 6.06. The number of rotatable bonds is 4. The van der Waals surface area contributed by atoms with Gasteiger partial charge in [0.25, 0.3) is 0 Å². The van der Waals surface area contributed by atoms with E-state index in [1.165, 1.54) is 0 Å². The van der Waals surface area contributed by atoms with E-state index in [2.05, 4.69) is 42.7 Å². The first-order chi connectivity index (χ1) is 8.45. The van der Waals surface area contributed by atoms with Crippen molar-refractivity contribution in [2.75, 3.05) is 19.6 Å². The Morgan fingerprint density at radius 3 is 2.67 bits per heavy atom. The molecule has 1 aromatic heterocycles. The van der Waals surface area contributed by atoms with Crippen LogP contribution in [-0.4, -0.2) is 34.7 Å². The Morgan fingerprint density at radius 1 is 1.44 bits per heavy atom. The predicted molar refractivity (Wildman–Crippen MR) is 70.2 cm³/mol. The molecule has 1 aromatic rings. The quantitative estimate of drug-likeness (QED) is 0.886. The summed E-state index contributed by atoms with van der Waals surface area (Å²) < 4.78 is 5.37. The van der Waals surface area contributed by atoms with Gasteiger partial charge in [0.1, 0.15) is 0 Å². The number of likely N-dealkylation sites (tertiary alicyclic amines) is 1. The number of aromatic nitrogens is 2. The van der Waals surface area contributed by atoms with E-state index in [1.807, 2.05) is 0 Å². The van der Waals surface area contributed by atoms with Crippen molar-refractivity contribution in [2.45, 2.75) is 46.1 Å². The maximum Gasteiger partial charge on any atom is 0.243 e. The van der Waals surface area contributed by atoms with Crippen LogP contribution in [0.3, 0.4) is 0 Å². The number of nitrogens with two attached hydrogens (primary N) is 1. The topological polar surface area (TPSA) is 68.2 Å². The maximum atomic E-state index is 5.83. The molecule has 1 fully saturated rings. The van der Waals surface area contributed by atoms with Gasteiger partial charge >= 0.3 is 0 Å². The Balaban J connectivity index is 2.05. The highest BCUT2D eigenvalue weighted by molar-refractivity contribution is 4.98. The minimum atomic E-state index is 0.179. The lowest BCUT2D eigenvalue weighted by atomic mass is 9.90. The second-order valence-corrected chi connectivity index (χ2v) is 6.06. The molecule has 5 heteroatoms. The minimum absolute atomic E-state index is 0.179. The third kappa shape index (κ3) is 2.57. The summed E-state index contributed by atoms with van der Waals surface area (Å²) in [7, 11) is 0. The summed E-state index contributed by atoms with van der Waals surface area (Å²) in [5.41, 5.74) is 6.07. The van der Waals surface area contributed by atoms with Crippen LogP contribution < -0.4 is 5.73 Å². The average Bonchev–Trinajstić information content (AvgIpc) is 2.95. The molecule has 0 spiro atoms. The van der Waals surface area contributed by atoms with Crippen molar-refractivity contribution >= 4 is 0 Å². The van der Waals surface area contributed by atoms with Crippen LogP contribution in [0.2, 0.25) is 0 Å². The first kappa shape index (κ1) is 13.5. The molecule has 0 aliphatic carbocycles. The molecule has 1 aliphatic heterocycles. The maximum absolute atomic E-state index is 5.83. The molecule has 0 aromatic carbocycles. The van der Waals surface area contributed by atoms with Crippen LogP contribution >= 0.6 is 0 Å². The smallest absolute Gasteiger partial charge is 0.243 e. The molecule has 0 amide bonds. The number of nitrogens with zero attached hydrogens (tertiary/aromatic N) is 3. The minimum Gasteiger partial charge on any atom is -0.338 e. The molecule has 102 valence electrons. The fourth-order valence-electron chi connectivity index (χ4n) is 2.37. The molecule has 2 heterocycles. The Labute approximate surface area is 109 Å². The Kier molecular flexibility index (Phi) is 3.73. The van der Waals surface area contributed by atoms with Crippen LogP contribution in [0.4, 0.5) is 0 Å². The molecule has 5 nitrogen and oxygen atoms in total. The van der Waals surface area contributed by atoms with Crippen LogP contribution in [0.1, 0.15) is 57.8 Å². The van der Waals surface area contributed by atoms with Crippen molar-refractivity contribution in [3.63, 3.8) is 0 Å². The summed E-state index contributed by atoms with van der Waals surface area (Å²) in [6.45, 7) is 11.3. The lowest BCUT2D eigenvalue weighted by Crippen LogP contribution is -2.32. The van der Waals surface area contributed by atoms with Crippen molar-refractivity contribution in [2.24, 2.45) is 11.1 Å². The third-order valence-electron chi connectivity index (χ3n) is 3.96. The van der Waals surface area contributed by atoms with Gasteiger partial charge in [-0.1, -0.05) is 25.9 Å². The average molecular weight is 252 g/mol. The molecule has 0 saturated carbocycles. The van der Waals surface area contributed by atoms with Gasteiger partial charge in [-0.2, -0.15) is 4.98 Å². The molecule has 2 unspecified atom stereocenters. The monoisotopic (exact) mass is 252 g/mol. The van der Waals surface area contributed by atoms with Crippen molar-refractivity contribution in [1.29, 1.82) is 0 Å². The van der Waals surface area contributed by atoms with Gasteiger partial charge in [0.05, 0.1) is 6.04 Å². The Morgan fingerprint density at radius 2 is 2.17 bits per heavy atom. The second kappa shape index (κ2) is 4.97. The number of hydrogen-bond acceptors (Lipinski definition) is 5. The zero-order chi connectivity index (χ0) is 13.3. The van der Waals surface area contributed by atoms with Gasteiger partial charge in [0.15, 0.2) is 5.82 Å². The fraction of sp³-hybridized carbons (Fsp3) is 0.846. The van der Waals surface area contributed by atoms with Crippen LogP contribution in [0.15, 0.2) is 4.52 Å². The largest absolute Gasteiger partial charge is 0.338 e. The molecular weight excluding hydrogens is 228 g/mol. The summed E-state index contributed by atoms with van der Waals surface area (Å²) in [4.78, 5) is 6.86. The van der Waals surface area contributed by atoms with Crippen molar-refractivity contribution < 1.29 is 4.52 Å². The summed E-state index contributed by atoms with van der Waals surface area (Å²) in [6, 6.07) is 0.179. The first-order valence-corrected chi connectivity index (χ1v) is 6.73. The molecule has 18 heavy (non-hydrogen) atoms. The van der Waals surface area contributed by atoms with Gasteiger partial charge in [-0.25, -0.2) is 0 Å². The molecule has 0 bridgehead atoms. The van der Waals surface area contributed by atoms with E-state index in [0.29, 0.717) is 5.92 Å². The highest BCUT2D eigenvalue weighted by Gasteiger charge is 2.36. The zero-order valence-electron chi connectivity index (χ0n) is 11.8. The van der Waals surface area contributed by atoms with E-state index in [0.717, 1.165) is 37.8 Å². The molecule has 0 radical (unpaired) electrons. The van der Waals surface area contributed by atoms with Gasteiger partial charge in [-0.3, -0.25) is 4.90 Å². The van der Waals surface area contributed by atoms with Gasteiger partial charge < -0.3 is 10.3 Å². The molecule has 2 N–H and O–H groups in total. The van der Waals surface area contributed by atoms with Crippen LogP contribution in [-0.2, 0) is 0 Å². The molecule has 1 saturated heterocycles. The van der Waals surface area contributed by atoms with Crippen LogP contribution in [0.5, 0.6) is 0 Å². The van der Waals surface area contributed by atoms with E-state index in [4.69, 9.17) is 10.3 Å². The first-order valence-electron chi connectivity index (χ1n) is 6.73. The highest BCUT2D eigenvalue weighted by Crippen LogP contribution is 2.34. The van der Waals surface area contributed by atoms with Gasteiger partial charge in [0.2, 0.25) is 5.89 Å². The Hall–Kier alpha value is -0.940. The van der Waals surface area contributed by atoms with Crippen LogP contribution in [0, 0.1) is 5.41 Å². The van der Waals surface area contributed by atoms with E-state index >= 15 is 0 Å². The zero-order valence-corrected chi connectivity index (χ0v) is 11.8. The summed E-state index contributed by atoms with van der Waals surface area (Å²) in [5.74, 6) is 1.82. The van der Waals surface area contributed by atoms with Crippen molar-refractivity contribution in [3.05, 3.63) is 11.7 Å². The molecular formula is C13H24N4O. The molecule has 2 rings (SSSR count). The van der Waals surface area contributed by atoms with Crippen LogP contribution in [0.25, 0.3) is 0 Å². The van der Waals surface area contributed by atoms with Gasteiger partial charge in [0, 0.05) is 12.5 Å². The lowest BCUT2D eigenvalue weighted by Gasteiger charge is -2.25. The summed E-state index contributed by atoms with van der Waals surface area (Å²) >= 11 is 0. The lowest BCUT2D eigenvalue weighted by molar-refractivity contribution is 0.188. The van der Waals surface area contributed by atoms with Crippen molar-refractivity contribution in [3.8, 4) is 0 Å².